The maximum absolute atomic E-state index is 11.9. The number of ketones is 1. The Labute approximate surface area is 81.0 Å². The molecule has 1 N–H and O–H groups in total. The van der Waals surface area contributed by atoms with Crippen molar-refractivity contribution in [1.82, 2.24) is 5.32 Å². The molecule has 2 heterocycles. The summed E-state index contributed by atoms with van der Waals surface area (Å²) < 4.78 is 0. The average molecular weight is 193 g/mol. The summed E-state index contributed by atoms with van der Waals surface area (Å²) in [5.74, 6) is 2.02. The summed E-state index contributed by atoms with van der Waals surface area (Å²) in [4.78, 5) is 12.8. The second-order valence-electron chi connectivity index (χ2n) is 3.85. The van der Waals surface area contributed by atoms with E-state index >= 15 is 0 Å². The molecule has 1 saturated carbocycles. The first-order chi connectivity index (χ1) is 6.38. The van der Waals surface area contributed by atoms with Gasteiger partial charge in [-0.2, -0.15) is 0 Å². The SMILES string of the molecule is O=C(c1cccs1)C1C2CNCC21. The third-order valence-electron chi connectivity index (χ3n) is 3.16. The molecule has 13 heavy (non-hydrogen) atoms. The van der Waals surface area contributed by atoms with Crippen LogP contribution in [-0.4, -0.2) is 18.9 Å². The third-order valence-corrected chi connectivity index (χ3v) is 4.04. The first kappa shape index (κ1) is 7.71. The molecule has 0 amide bonds. The van der Waals surface area contributed by atoms with Crippen LogP contribution >= 0.6 is 11.3 Å². The van der Waals surface area contributed by atoms with Crippen molar-refractivity contribution in [1.29, 1.82) is 0 Å². The summed E-state index contributed by atoms with van der Waals surface area (Å²) in [5, 5.41) is 5.28. The maximum Gasteiger partial charge on any atom is 0.176 e. The van der Waals surface area contributed by atoms with Crippen LogP contribution in [0.25, 0.3) is 0 Å². The molecule has 0 spiro atoms. The normalized spacial score (nSPS) is 35.8. The van der Waals surface area contributed by atoms with Gasteiger partial charge in [-0.25, -0.2) is 0 Å². The fourth-order valence-corrected chi connectivity index (χ4v) is 3.10. The van der Waals surface area contributed by atoms with E-state index in [1.54, 1.807) is 11.3 Å². The zero-order chi connectivity index (χ0) is 8.84. The van der Waals surface area contributed by atoms with Crippen molar-refractivity contribution in [3.63, 3.8) is 0 Å². The molecule has 3 heteroatoms. The van der Waals surface area contributed by atoms with Crippen LogP contribution in [0.15, 0.2) is 17.5 Å². The molecular weight excluding hydrogens is 182 g/mol. The maximum atomic E-state index is 11.9. The summed E-state index contributed by atoms with van der Waals surface area (Å²) in [6, 6.07) is 3.89. The summed E-state index contributed by atoms with van der Waals surface area (Å²) in [6.07, 6.45) is 0. The second-order valence-corrected chi connectivity index (χ2v) is 4.80. The number of carbonyl (C=O) groups excluding carboxylic acids is 1. The fourth-order valence-electron chi connectivity index (χ4n) is 2.39. The van der Waals surface area contributed by atoms with Gasteiger partial charge in [0.2, 0.25) is 0 Å². The van der Waals surface area contributed by atoms with Crippen LogP contribution in [-0.2, 0) is 0 Å². The van der Waals surface area contributed by atoms with Gasteiger partial charge in [-0.15, -0.1) is 11.3 Å². The Hall–Kier alpha value is -0.670. The summed E-state index contributed by atoms with van der Waals surface area (Å²) in [5.41, 5.74) is 0. The molecular formula is C10H11NOS. The van der Waals surface area contributed by atoms with Gasteiger partial charge >= 0.3 is 0 Å². The molecule has 1 aliphatic heterocycles. The number of hydrogen-bond donors (Lipinski definition) is 1. The molecule has 68 valence electrons. The van der Waals surface area contributed by atoms with Gasteiger partial charge < -0.3 is 5.32 Å². The lowest BCUT2D eigenvalue weighted by molar-refractivity contribution is 0.0957. The highest BCUT2D eigenvalue weighted by atomic mass is 32.1. The van der Waals surface area contributed by atoms with Crippen LogP contribution in [0.4, 0.5) is 0 Å². The monoisotopic (exact) mass is 193 g/mol. The van der Waals surface area contributed by atoms with E-state index in [9.17, 15) is 4.79 Å². The van der Waals surface area contributed by atoms with Gasteiger partial charge in [0.1, 0.15) is 0 Å². The van der Waals surface area contributed by atoms with Crippen molar-refractivity contribution < 1.29 is 4.79 Å². The first-order valence-corrected chi connectivity index (χ1v) is 5.54. The molecule has 3 rings (SSSR count). The van der Waals surface area contributed by atoms with Crippen molar-refractivity contribution >= 4 is 17.1 Å². The smallest absolute Gasteiger partial charge is 0.176 e. The van der Waals surface area contributed by atoms with Gasteiger partial charge in [-0.3, -0.25) is 4.79 Å². The van der Waals surface area contributed by atoms with E-state index < -0.39 is 0 Å². The van der Waals surface area contributed by atoms with Crippen LogP contribution < -0.4 is 5.32 Å². The molecule has 0 aromatic carbocycles. The van der Waals surface area contributed by atoms with Crippen LogP contribution in [0, 0.1) is 17.8 Å². The number of hydrogen-bond acceptors (Lipinski definition) is 3. The predicted octanol–water partition coefficient (Wildman–Crippen LogP) is 1.40. The molecule has 2 atom stereocenters. The van der Waals surface area contributed by atoms with Gasteiger partial charge in [-0.1, -0.05) is 6.07 Å². The topological polar surface area (TPSA) is 29.1 Å². The van der Waals surface area contributed by atoms with Gasteiger partial charge in [0.15, 0.2) is 5.78 Å². The Bertz CT molecular complexity index is 323. The lowest BCUT2D eigenvalue weighted by atomic mass is 10.1. The van der Waals surface area contributed by atoms with Crippen LogP contribution in [0.2, 0.25) is 0 Å². The van der Waals surface area contributed by atoms with Crippen LogP contribution in [0.1, 0.15) is 9.67 Å². The molecule has 1 aromatic rings. The summed E-state index contributed by atoms with van der Waals surface area (Å²) >= 11 is 1.57. The average Bonchev–Trinajstić information content (AvgIpc) is 2.68. The predicted molar refractivity (Wildman–Crippen MR) is 52.0 cm³/mol. The van der Waals surface area contributed by atoms with Crippen molar-refractivity contribution in [2.45, 2.75) is 0 Å². The Morgan fingerprint density at radius 2 is 2.23 bits per heavy atom. The number of thiophene rings is 1. The Morgan fingerprint density at radius 1 is 1.46 bits per heavy atom. The highest BCUT2D eigenvalue weighted by molar-refractivity contribution is 7.12. The molecule has 2 nitrogen and oxygen atoms in total. The highest BCUT2D eigenvalue weighted by Crippen LogP contribution is 2.50. The van der Waals surface area contributed by atoms with Gasteiger partial charge in [-0.05, 0) is 36.4 Å². The van der Waals surface area contributed by atoms with E-state index in [0.717, 1.165) is 18.0 Å². The fraction of sp³-hybridized carbons (Fsp3) is 0.500. The minimum atomic E-state index is 0.347. The standard InChI is InChI=1S/C10H11NOS/c12-10(8-2-1-3-13-8)9-6-4-11-5-7(6)9/h1-3,6-7,9,11H,4-5H2. The number of carbonyl (C=O) groups is 1. The quantitative estimate of drug-likeness (QED) is 0.719. The molecule has 1 aromatic heterocycles. The lowest BCUT2D eigenvalue weighted by Crippen LogP contribution is -2.18. The zero-order valence-corrected chi connectivity index (χ0v) is 8.01. The van der Waals surface area contributed by atoms with E-state index in [1.807, 2.05) is 17.5 Å². The molecule has 0 radical (unpaired) electrons. The Kier molecular flexibility index (Phi) is 1.58. The van der Waals surface area contributed by atoms with Crippen molar-refractivity contribution in [2.24, 2.45) is 17.8 Å². The molecule has 0 bridgehead atoms. The zero-order valence-electron chi connectivity index (χ0n) is 7.19. The highest BCUT2D eigenvalue weighted by Gasteiger charge is 2.56. The lowest BCUT2D eigenvalue weighted by Gasteiger charge is -2.00. The molecule has 2 aliphatic rings. The van der Waals surface area contributed by atoms with Crippen molar-refractivity contribution in [3.05, 3.63) is 22.4 Å². The summed E-state index contributed by atoms with van der Waals surface area (Å²) in [7, 11) is 0. The minimum Gasteiger partial charge on any atom is -0.316 e. The van der Waals surface area contributed by atoms with Gasteiger partial charge in [0.25, 0.3) is 0 Å². The van der Waals surface area contributed by atoms with Crippen molar-refractivity contribution in [3.8, 4) is 0 Å². The number of rotatable bonds is 2. The van der Waals surface area contributed by atoms with E-state index in [4.69, 9.17) is 0 Å². The van der Waals surface area contributed by atoms with E-state index in [1.165, 1.54) is 0 Å². The molecule has 1 aliphatic carbocycles. The van der Waals surface area contributed by atoms with Crippen LogP contribution in [0.5, 0.6) is 0 Å². The molecule has 1 saturated heterocycles. The minimum absolute atomic E-state index is 0.347. The van der Waals surface area contributed by atoms with Gasteiger partial charge in [0.05, 0.1) is 4.88 Å². The largest absolute Gasteiger partial charge is 0.316 e. The van der Waals surface area contributed by atoms with E-state index in [2.05, 4.69) is 5.32 Å². The second kappa shape index (κ2) is 2.66. The molecule has 2 fully saturated rings. The van der Waals surface area contributed by atoms with Crippen LogP contribution in [0.3, 0.4) is 0 Å². The first-order valence-electron chi connectivity index (χ1n) is 4.66. The third kappa shape index (κ3) is 1.07. The number of Topliss-reactive ketones (excluding diaryl/α,β-unsaturated/α-hetero) is 1. The van der Waals surface area contributed by atoms with Crippen molar-refractivity contribution in [2.75, 3.05) is 13.1 Å². The van der Waals surface area contributed by atoms with E-state index in [0.29, 0.717) is 23.5 Å². The van der Waals surface area contributed by atoms with Gasteiger partial charge in [0, 0.05) is 5.92 Å². The number of fused-ring (bicyclic) bond motifs is 1. The Balaban J connectivity index is 1.78. The van der Waals surface area contributed by atoms with E-state index in [-0.39, 0.29) is 0 Å². The number of piperidine rings is 1. The number of nitrogens with one attached hydrogen (secondary N) is 1. The Morgan fingerprint density at radius 3 is 2.85 bits per heavy atom. The summed E-state index contributed by atoms with van der Waals surface area (Å²) in [6.45, 7) is 2.10. The molecule has 2 unspecified atom stereocenters.